The van der Waals surface area contributed by atoms with Gasteiger partial charge in [0.1, 0.15) is 0 Å². The molecule has 3 aromatic rings. The van der Waals surface area contributed by atoms with Crippen molar-refractivity contribution in [2.75, 3.05) is 13.1 Å². The monoisotopic (exact) mass is 389 g/mol. The van der Waals surface area contributed by atoms with Crippen molar-refractivity contribution in [1.29, 1.82) is 0 Å². The molecule has 2 N–H and O–H groups in total. The van der Waals surface area contributed by atoms with E-state index in [4.69, 9.17) is 0 Å². The number of likely N-dealkylation sites (tertiary alicyclic amines) is 1. The number of carbonyl (C=O) groups is 3. The van der Waals surface area contributed by atoms with E-state index >= 15 is 0 Å². The summed E-state index contributed by atoms with van der Waals surface area (Å²) in [5.41, 5.74) is 1.86. The Morgan fingerprint density at radius 1 is 1.03 bits per heavy atom. The Labute approximate surface area is 168 Å². The lowest BCUT2D eigenvalue weighted by molar-refractivity contribution is -0.127. The van der Waals surface area contributed by atoms with Crippen molar-refractivity contribution in [3.8, 4) is 0 Å². The molecule has 1 fully saturated rings. The number of amides is 2. The molecule has 6 nitrogen and oxygen atoms in total. The first-order chi connectivity index (χ1) is 14.1. The van der Waals surface area contributed by atoms with Crippen LogP contribution in [0.15, 0.2) is 60.8 Å². The maximum Gasteiger partial charge on any atom is 0.295 e. The van der Waals surface area contributed by atoms with Crippen LogP contribution in [-0.2, 0) is 4.79 Å². The highest BCUT2D eigenvalue weighted by molar-refractivity contribution is 6.44. The zero-order valence-electron chi connectivity index (χ0n) is 16.1. The van der Waals surface area contributed by atoms with Crippen molar-refractivity contribution in [3.05, 3.63) is 71.9 Å². The summed E-state index contributed by atoms with van der Waals surface area (Å²) in [7, 11) is 0. The van der Waals surface area contributed by atoms with Gasteiger partial charge in [-0.05, 0) is 37.5 Å². The van der Waals surface area contributed by atoms with Gasteiger partial charge in [-0.1, -0.05) is 36.4 Å². The highest BCUT2D eigenvalue weighted by Crippen LogP contribution is 2.23. The molecule has 29 heavy (non-hydrogen) atoms. The van der Waals surface area contributed by atoms with E-state index in [0.29, 0.717) is 30.6 Å². The molecule has 2 heterocycles. The molecule has 1 aliphatic heterocycles. The predicted octanol–water partition coefficient (Wildman–Crippen LogP) is 3.16. The molecule has 2 amide bonds. The Kier molecular flexibility index (Phi) is 5.42. The molecule has 0 spiro atoms. The molecule has 0 radical (unpaired) electrons. The Hall–Kier alpha value is -3.41. The first kappa shape index (κ1) is 18.9. The van der Waals surface area contributed by atoms with E-state index in [1.807, 2.05) is 42.5 Å². The lowest BCUT2D eigenvalue weighted by Crippen LogP contribution is -2.41. The van der Waals surface area contributed by atoms with Crippen molar-refractivity contribution >= 4 is 28.5 Å². The molecular formula is C23H23N3O3. The van der Waals surface area contributed by atoms with Crippen LogP contribution < -0.4 is 5.32 Å². The number of aromatic amines is 1. The molecule has 2 aromatic carbocycles. The highest BCUT2D eigenvalue weighted by atomic mass is 16.2. The van der Waals surface area contributed by atoms with Gasteiger partial charge in [0.25, 0.3) is 17.6 Å². The summed E-state index contributed by atoms with van der Waals surface area (Å²) < 4.78 is 0. The summed E-state index contributed by atoms with van der Waals surface area (Å²) in [6.07, 6.45) is 3.94. The van der Waals surface area contributed by atoms with E-state index in [-0.39, 0.29) is 11.9 Å². The molecule has 0 bridgehead atoms. The van der Waals surface area contributed by atoms with E-state index in [1.165, 1.54) is 0 Å². The number of para-hydroxylation sites is 1. The number of benzene rings is 2. The van der Waals surface area contributed by atoms with Gasteiger partial charge >= 0.3 is 0 Å². The highest BCUT2D eigenvalue weighted by Gasteiger charge is 2.33. The largest absolute Gasteiger partial charge is 0.360 e. The number of nitrogens with one attached hydrogen (secondary N) is 2. The molecule has 6 heteroatoms. The number of nitrogens with zero attached hydrogens (tertiary/aromatic N) is 1. The Bertz CT molecular complexity index is 1040. The SMILES string of the molecule is O=C(NCCC1CCCN1C(=O)C(=O)c1c[nH]c2ccccc12)c1ccccc1. The molecular weight excluding hydrogens is 366 g/mol. The fraction of sp³-hybridized carbons (Fsp3) is 0.261. The number of ketones is 1. The van der Waals surface area contributed by atoms with Gasteiger partial charge < -0.3 is 15.2 Å². The number of hydrogen-bond acceptors (Lipinski definition) is 3. The Balaban J connectivity index is 1.38. The van der Waals surface area contributed by atoms with Gasteiger partial charge in [-0.3, -0.25) is 14.4 Å². The van der Waals surface area contributed by atoms with Gasteiger partial charge in [-0.2, -0.15) is 0 Å². The molecule has 148 valence electrons. The minimum atomic E-state index is -0.484. The first-order valence-electron chi connectivity index (χ1n) is 9.90. The molecule has 4 rings (SSSR count). The first-order valence-corrected chi connectivity index (χ1v) is 9.90. The van der Waals surface area contributed by atoms with Gasteiger partial charge in [0.15, 0.2) is 0 Å². The van der Waals surface area contributed by atoms with E-state index in [0.717, 1.165) is 23.7 Å². The summed E-state index contributed by atoms with van der Waals surface area (Å²) in [5, 5.41) is 3.66. The zero-order chi connectivity index (χ0) is 20.2. The van der Waals surface area contributed by atoms with Crippen LogP contribution in [-0.4, -0.2) is 46.6 Å². The van der Waals surface area contributed by atoms with E-state index in [9.17, 15) is 14.4 Å². The summed E-state index contributed by atoms with van der Waals surface area (Å²) >= 11 is 0. The van der Waals surface area contributed by atoms with E-state index in [1.54, 1.807) is 23.2 Å². The fourth-order valence-electron chi connectivity index (χ4n) is 3.95. The van der Waals surface area contributed by atoms with Gasteiger partial charge in [0.2, 0.25) is 0 Å². The summed E-state index contributed by atoms with van der Waals surface area (Å²) in [6.45, 7) is 1.04. The second-order valence-electron chi connectivity index (χ2n) is 7.28. The van der Waals surface area contributed by atoms with Crippen LogP contribution in [0.25, 0.3) is 10.9 Å². The molecule has 0 saturated carbocycles. The predicted molar refractivity (Wildman–Crippen MR) is 111 cm³/mol. The maximum atomic E-state index is 12.9. The van der Waals surface area contributed by atoms with Gasteiger partial charge in [-0.15, -0.1) is 0 Å². The van der Waals surface area contributed by atoms with Crippen molar-refractivity contribution in [2.24, 2.45) is 0 Å². The lowest BCUT2D eigenvalue weighted by Gasteiger charge is -2.24. The van der Waals surface area contributed by atoms with Crippen LogP contribution in [0, 0.1) is 0 Å². The number of aromatic nitrogens is 1. The molecule has 1 unspecified atom stereocenters. The van der Waals surface area contributed by atoms with Crippen molar-refractivity contribution < 1.29 is 14.4 Å². The van der Waals surface area contributed by atoms with Crippen LogP contribution >= 0.6 is 0 Å². The van der Waals surface area contributed by atoms with Gasteiger partial charge in [-0.25, -0.2) is 0 Å². The van der Waals surface area contributed by atoms with Crippen LogP contribution in [0.3, 0.4) is 0 Å². The Morgan fingerprint density at radius 3 is 2.62 bits per heavy atom. The van der Waals surface area contributed by atoms with Crippen LogP contribution in [0.1, 0.15) is 40.0 Å². The van der Waals surface area contributed by atoms with Gasteiger partial charge in [0.05, 0.1) is 5.56 Å². The summed E-state index contributed by atoms with van der Waals surface area (Å²) in [4.78, 5) is 42.6. The number of Topliss-reactive ketones (excluding diaryl/α,β-unsaturated/α-hetero) is 1. The number of H-pyrrole nitrogens is 1. The minimum absolute atomic E-state index is 0.0345. The molecule has 1 atom stereocenters. The third kappa shape index (κ3) is 3.92. The maximum absolute atomic E-state index is 12.9. The second-order valence-corrected chi connectivity index (χ2v) is 7.28. The van der Waals surface area contributed by atoms with Crippen LogP contribution in [0.2, 0.25) is 0 Å². The quantitative estimate of drug-likeness (QED) is 0.502. The number of rotatable bonds is 6. The van der Waals surface area contributed by atoms with Crippen LogP contribution in [0.4, 0.5) is 0 Å². The average Bonchev–Trinajstić information content (AvgIpc) is 3.40. The van der Waals surface area contributed by atoms with Gasteiger partial charge in [0, 0.05) is 41.8 Å². The molecule has 1 aromatic heterocycles. The second kappa shape index (κ2) is 8.31. The third-order valence-electron chi connectivity index (χ3n) is 5.47. The Morgan fingerprint density at radius 2 is 1.79 bits per heavy atom. The van der Waals surface area contributed by atoms with E-state index in [2.05, 4.69) is 10.3 Å². The zero-order valence-corrected chi connectivity index (χ0v) is 16.1. The third-order valence-corrected chi connectivity index (χ3v) is 5.47. The molecule has 1 aliphatic rings. The average molecular weight is 389 g/mol. The normalized spacial score (nSPS) is 16.1. The smallest absolute Gasteiger partial charge is 0.295 e. The van der Waals surface area contributed by atoms with E-state index < -0.39 is 11.7 Å². The minimum Gasteiger partial charge on any atom is -0.360 e. The summed E-state index contributed by atoms with van der Waals surface area (Å²) in [6, 6.07) is 16.5. The van der Waals surface area contributed by atoms with Crippen molar-refractivity contribution in [1.82, 2.24) is 15.2 Å². The number of hydrogen-bond donors (Lipinski definition) is 2. The number of carbonyl (C=O) groups excluding carboxylic acids is 3. The fourth-order valence-corrected chi connectivity index (χ4v) is 3.95. The molecule has 0 aliphatic carbocycles. The lowest BCUT2D eigenvalue weighted by atomic mass is 10.1. The number of fused-ring (bicyclic) bond motifs is 1. The topological polar surface area (TPSA) is 82.3 Å². The van der Waals surface area contributed by atoms with Crippen molar-refractivity contribution in [3.63, 3.8) is 0 Å². The molecule has 1 saturated heterocycles. The standard InChI is InChI=1S/C23H23N3O3/c27-21(19-15-25-20-11-5-4-10-18(19)20)23(29)26-14-6-9-17(26)12-13-24-22(28)16-7-2-1-3-8-16/h1-5,7-8,10-11,15,17,25H,6,9,12-14H2,(H,24,28). The van der Waals surface area contributed by atoms with Crippen LogP contribution in [0.5, 0.6) is 0 Å². The summed E-state index contributed by atoms with van der Waals surface area (Å²) in [5.74, 6) is -1.08. The van der Waals surface area contributed by atoms with Crippen molar-refractivity contribution in [2.45, 2.75) is 25.3 Å².